The molecule has 2 aromatic carbocycles. The molecule has 0 radical (unpaired) electrons. The van der Waals surface area contributed by atoms with E-state index in [1.807, 2.05) is 30.3 Å². The lowest BCUT2D eigenvalue weighted by Gasteiger charge is -2.04. The molecule has 7 nitrogen and oxygen atoms in total. The Kier molecular flexibility index (Phi) is 5.65. The van der Waals surface area contributed by atoms with E-state index in [-0.39, 0.29) is 17.2 Å². The van der Waals surface area contributed by atoms with E-state index in [1.54, 1.807) is 12.1 Å². The molecule has 0 saturated carbocycles. The molecule has 0 fully saturated rings. The third kappa shape index (κ3) is 4.93. The Morgan fingerprint density at radius 3 is 2.65 bits per heavy atom. The summed E-state index contributed by atoms with van der Waals surface area (Å²) in [5, 5.41) is 19.8. The van der Waals surface area contributed by atoms with E-state index in [9.17, 15) is 9.59 Å². The Morgan fingerprint density at radius 2 is 1.88 bits per heavy atom. The number of aromatic nitrogens is 2. The van der Waals surface area contributed by atoms with E-state index in [4.69, 9.17) is 9.52 Å². The summed E-state index contributed by atoms with van der Waals surface area (Å²) in [6, 6.07) is 15.8. The molecule has 0 unspecified atom stereocenters. The van der Waals surface area contributed by atoms with Crippen molar-refractivity contribution in [2.24, 2.45) is 0 Å². The van der Waals surface area contributed by atoms with Crippen molar-refractivity contribution in [3.63, 3.8) is 0 Å². The second-order valence-electron chi connectivity index (χ2n) is 5.35. The molecule has 3 aromatic rings. The average Bonchev–Trinajstić information content (AvgIpc) is 3.08. The molecule has 0 aliphatic heterocycles. The van der Waals surface area contributed by atoms with Gasteiger partial charge in [0, 0.05) is 5.69 Å². The van der Waals surface area contributed by atoms with Crippen LogP contribution in [-0.4, -0.2) is 32.9 Å². The standard InChI is InChI=1S/C18H15N3O4S/c22-15(19-14-8-4-7-13(10-14)17(23)24)11-26-18-21-20-16(25-18)9-12-5-2-1-3-6-12/h1-8,10H,9,11H2,(H,19,22)(H,23,24). The van der Waals surface area contributed by atoms with Gasteiger partial charge >= 0.3 is 5.97 Å². The largest absolute Gasteiger partial charge is 0.478 e. The molecular weight excluding hydrogens is 354 g/mol. The molecule has 1 aromatic heterocycles. The number of thioether (sulfide) groups is 1. The lowest BCUT2D eigenvalue weighted by atomic mass is 10.2. The number of hydrogen-bond donors (Lipinski definition) is 2. The van der Waals surface area contributed by atoms with Crippen LogP contribution in [0.3, 0.4) is 0 Å². The van der Waals surface area contributed by atoms with Gasteiger partial charge in [0.2, 0.25) is 11.8 Å². The van der Waals surface area contributed by atoms with Crippen molar-refractivity contribution in [3.05, 3.63) is 71.6 Å². The number of carboxylic acid groups (broad SMARTS) is 1. The van der Waals surface area contributed by atoms with Gasteiger partial charge in [0.15, 0.2) is 0 Å². The van der Waals surface area contributed by atoms with Gasteiger partial charge in [0.05, 0.1) is 17.7 Å². The first-order valence-electron chi connectivity index (χ1n) is 7.72. The van der Waals surface area contributed by atoms with Crippen LogP contribution in [0.5, 0.6) is 0 Å². The monoisotopic (exact) mass is 369 g/mol. The van der Waals surface area contributed by atoms with Gasteiger partial charge < -0.3 is 14.8 Å². The predicted molar refractivity (Wildman–Crippen MR) is 96.3 cm³/mol. The first-order chi connectivity index (χ1) is 12.6. The Labute approximate surface area is 153 Å². The molecule has 1 heterocycles. The fraction of sp³-hybridized carbons (Fsp3) is 0.111. The molecule has 2 N–H and O–H groups in total. The number of nitrogens with one attached hydrogen (secondary N) is 1. The SMILES string of the molecule is O=C(CSc1nnc(Cc2ccccc2)o1)Nc1cccc(C(=O)O)c1. The van der Waals surface area contributed by atoms with Gasteiger partial charge in [-0.25, -0.2) is 4.79 Å². The van der Waals surface area contributed by atoms with Crippen LogP contribution < -0.4 is 5.32 Å². The van der Waals surface area contributed by atoms with Gasteiger partial charge in [0.25, 0.3) is 5.22 Å². The van der Waals surface area contributed by atoms with Crippen molar-refractivity contribution in [1.82, 2.24) is 10.2 Å². The van der Waals surface area contributed by atoms with Crippen LogP contribution in [0.2, 0.25) is 0 Å². The molecule has 0 spiro atoms. The van der Waals surface area contributed by atoms with E-state index in [1.165, 1.54) is 12.1 Å². The number of aromatic carboxylic acids is 1. The van der Waals surface area contributed by atoms with E-state index >= 15 is 0 Å². The molecule has 0 aliphatic rings. The van der Waals surface area contributed by atoms with E-state index in [0.29, 0.717) is 23.2 Å². The zero-order chi connectivity index (χ0) is 18.4. The van der Waals surface area contributed by atoms with Crippen molar-refractivity contribution in [3.8, 4) is 0 Å². The predicted octanol–water partition coefficient (Wildman–Crippen LogP) is 3.09. The van der Waals surface area contributed by atoms with Gasteiger partial charge in [-0.15, -0.1) is 10.2 Å². The number of carbonyl (C=O) groups is 2. The first-order valence-corrected chi connectivity index (χ1v) is 8.71. The third-order valence-corrected chi connectivity index (χ3v) is 4.18. The van der Waals surface area contributed by atoms with Crippen molar-refractivity contribution >= 4 is 29.3 Å². The molecule has 1 amide bonds. The summed E-state index contributed by atoms with van der Waals surface area (Å²) < 4.78 is 5.52. The maximum atomic E-state index is 12.0. The van der Waals surface area contributed by atoms with Gasteiger partial charge in [0.1, 0.15) is 0 Å². The van der Waals surface area contributed by atoms with Crippen LogP contribution in [0.15, 0.2) is 64.2 Å². The first kappa shape index (κ1) is 17.7. The zero-order valence-corrected chi connectivity index (χ0v) is 14.4. The second kappa shape index (κ2) is 8.30. The van der Waals surface area contributed by atoms with Crippen molar-refractivity contribution in [2.45, 2.75) is 11.6 Å². The molecular formula is C18H15N3O4S. The number of carboxylic acids is 1. The maximum Gasteiger partial charge on any atom is 0.335 e. The number of nitrogens with zero attached hydrogens (tertiary/aromatic N) is 2. The van der Waals surface area contributed by atoms with E-state index < -0.39 is 5.97 Å². The summed E-state index contributed by atoms with van der Waals surface area (Å²) in [5.74, 6) is -0.787. The lowest BCUT2D eigenvalue weighted by molar-refractivity contribution is -0.113. The van der Waals surface area contributed by atoms with Crippen LogP contribution in [0, 0.1) is 0 Å². The van der Waals surface area contributed by atoms with Gasteiger partial charge in [-0.2, -0.15) is 0 Å². The number of benzene rings is 2. The Morgan fingerprint density at radius 1 is 1.08 bits per heavy atom. The van der Waals surface area contributed by atoms with Gasteiger partial charge in [-0.05, 0) is 23.8 Å². The van der Waals surface area contributed by atoms with Crippen molar-refractivity contribution in [1.29, 1.82) is 0 Å². The minimum atomic E-state index is -1.05. The molecule has 3 rings (SSSR count). The molecule has 8 heteroatoms. The summed E-state index contributed by atoms with van der Waals surface area (Å²) >= 11 is 1.12. The summed E-state index contributed by atoms with van der Waals surface area (Å²) in [5.41, 5.74) is 1.59. The van der Waals surface area contributed by atoms with E-state index in [0.717, 1.165) is 17.3 Å². The highest BCUT2D eigenvalue weighted by Crippen LogP contribution is 2.18. The molecule has 0 atom stereocenters. The minimum Gasteiger partial charge on any atom is -0.478 e. The molecule has 0 saturated heterocycles. The highest BCUT2D eigenvalue weighted by atomic mass is 32.2. The van der Waals surface area contributed by atoms with Crippen LogP contribution in [0.4, 0.5) is 5.69 Å². The Bertz CT molecular complexity index is 912. The van der Waals surface area contributed by atoms with Crippen LogP contribution in [0.1, 0.15) is 21.8 Å². The highest BCUT2D eigenvalue weighted by molar-refractivity contribution is 7.99. The molecule has 0 aliphatic carbocycles. The summed E-state index contributed by atoms with van der Waals surface area (Å²) in [6.07, 6.45) is 0.530. The fourth-order valence-corrected chi connectivity index (χ4v) is 2.77. The average molecular weight is 369 g/mol. The number of hydrogen-bond acceptors (Lipinski definition) is 6. The van der Waals surface area contributed by atoms with Gasteiger partial charge in [-0.3, -0.25) is 4.79 Å². The molecule has 26 heavy (non-hydrogen) atoms. The smallest absolute Gasteiger partial charge is 0.335 e. The molecule has 132 valence electrons. The van der Waals surface area contributed by atoms with Crippen LogP contribution in [-0.2, 0) is 11.2 Å². The minimum absolute atomic E-state index is 0.0737. The third-order valence-electron chi connectivity index (χ3n) is 3.37. The van der Waals surface area contributed by atoms with Crippen LogP contribution >= 0.6 is 11.8 Å². The van der Waals surface area contributed by atoms with E-state index in [2.05, 4.69) is 15.5 Å². The molecule has 0 bridgehead atoms. The summed E-state index contributed by atoms with van der Waals surface area (Å²) in [6.45, 7) is 0. The maximum absolute atomic E-state index is 12.0. The van der Waals surface area contributed by atoms with Crippen molar-refractivity contribution in [2.75, 3.05) is 11.1 Å². The number of carbonyl (C=O) groups excluding carboxylic acids is 1. The second-order valence-corrected chi connectivity index (χ2v) is 6.27. The zero-order valence-electron chi connectivity index (χ0n) is 13.6. The topological polar surface area (TPSA) is 105 Å². The summed E-state index contributed by atoms with van der Waals surface area (Å²) in [4.78, 5) is 22.9. The van der Waals surface area contributed by atoms with Crippen molar-refractivity contribution < 1.29 is 19.1 Å². The normalized spacial score (nSPS) is 10.5. The number of rotatable bonds is 7. The lowest BCUT2D eigenvalue weighted by Crippen LogP contribution is -2.14. The summed E-state index contributed by atoms with van der Waals surface area (Å²) in [7, 11) is 0. The Hall–Kier alpha value is -3.13. The number of anilines is 1. The van der Waals surface area contributed by atoms with Crippen LogP contribution in [0.25, 0.3) is 0 Å². The van der Waals surface area contributed by atoms with Gasteiger partial charge in [-0.1, -0.05) is 48.2 Å². The fourth-order valence-electron chi connectivity index (χ4n) is 2.19. The number of amides is 1. The quantitative estimate of drug-likeness (QED) is 0.617. The Balaban J connectivity index is 1.52. The highest BCUT2D eigenvalue weighted by Gasteiger charge is 2.11.